The lowest BCUT2D eigenvalue weighted by Gasteiger charge is -2.11. The van der Waals surface area contributed by atoms with Gasteiger partial charge in [-0.05, 0) is 32.0 Å². The minimum atomic E-state index is -2.86. The van der Waals surface area contributed by atoms with Crippen molar-refractivity contribution >= 4 is 9.84 Å². The molecule has 1 rings (SSSR count). The highest BCUT2D eigenvalue weighted by Crippen LogP contribution is 2.25. The Morgan fingerprint density at radius 1 is 1.10 bits per heavy atom. The fourth-order valence-corrected chi connectivity index (χ4v) is 2.33. The molecule has 5 nitrogen and oxygen atoms in total. The van der Waals surface area contributed by atoms with Gasteiger partial charge in [0.15, 0.2) is 11.5 Å². The van der Waals surface area contributed by atoms with E-state index in [1.165, 1.54) is 6.26 Å². The Bertz CT molecular complexity index is 488. The minimum Gasteiger partial charge on any atom is -0.490 e. The summed E-state index contributed by atoms with van der Waals surface area (Å²) in [7, 11) is -2.86. The second kappa shape index (κ2) is 8.81. The first-order valence-electron chi connectivity index (χ1n) is 6.76. The summed E-state index contributed by atoms with van der Waals surface area (Å²) < 4.78 is 33.0. The molecule has 0 fully saturated rings. The maximum atomic E-state index is 10.9. The van der Waals surface area contributed by atoms with Gasteiger partial charge in [0, 0.05) is 12.8 Å². The number of sulfone groups is 1. The standard InChI is InChI=1S/C14H23NO4S/c1-3-18-13-7-4-5-8-14(13)19-11-10-15-9-6-12-20(2,16)17/h4-5,7-8,15H,3,6,9-12H2,1-2H3. The quantitative estimate of drug-likeness (QED) is 0.663. The van der Waals surface area contributed by atoms with Crippen molar-refractivity contribution in [3.05, 3.63) is 24.3 Å². The van der Waals surface area contributed by atoms with Gasteiger partial charge in [0.1, 0.15) is 16.4 Å². The fourth-order valence-electron chi connectivity index (χ4n) is 1.66. The molecule has 0 atom stereocenters. The Kier molecular flexibility index (Phi) is 7.40. The van der Waals surface area contributed by atoms with E-state index in [-0.39, 0.29) is 5.75 Å². The Labute approximate surface area is 121 Å². The molecule has 0 aliphatic carbocycles. The second-order valence-electron chi connectivity index (χ2n) is 4.46. The predicted octanol–water partition coefficient (Wildman–Crippen LogP) is 1.49. The number of benzene rings is 1. The average Bonchev–Trinajstić information content (AvgIpc) is 2.38. The Morgan fingerprint density at radius 3 is 2.35 bits per heavy atom. The molecule has 0 aromatic heterocycles. The summed E-state index contributed by atoms with van der Waals surface area (Å²) in [5.74, 6) is 1.69. The largest absolute Gasteiger partial charge is 0.490 e. The molecule has 0 bridgehead atoms. The summed E-state index contributed by atoms with van der Waals surface area (Å²) in [4.78, 5) is 0. The summed E-state index contributed by atoms with van der Waals surface area (Å²) in [5, 5.41) is 3.15. The summed E-state index contributed by atoms with van der Waals surface area (Å²) in [5.41, 5.74) is 0. The molecule has 0 saturated heterocycles. The topological polar surface area (TPSA) is 64.6 Å². The summed E-state index contributed by atoms with van der Waals surface area (Å²) in [6.07, 6.45) is 1.87. The normalized spacial score (nSPS) is 11.3. The molecule has 0 unspecified atom stereocenters. The van der Waals surface area contributed by atoms with Crippen LogP contribution in [0.1, 0.15) is 13.3 Å². The molecule has 0 radical (unpaired) electrons. The van der Waals surface area contributed by atoms with Gasteiger partial charge in [0.2, 0.25) is 0 Å². The first-order chi connectivity index (χ1) is 9.53. The third-order valence-corrected chi connectivity index (χ3v) is 3.58. The SMILES string of the molecule is CCOc1ccccc1OCCNCCCS(C)(=O)=O. The monoisotopic (exact) mass is 301 g/mol. The number of nitrogens with one attached hydrogen (secondary N) is 1. The highest BCUT2D eigenvalue weighted by Gasteiger charge is 2.03. The van der Waals surface area contributed by atoms with Crippen molar-refractivity contribution in [1.82, 2.24) is 5.32 Å². The first-order valence-corrected chi connectivity index (χ1v) is 8.82. The van der Waals surface area contributed by atoms with Crippen LogP contribution in [0, 0.1) is 0 Å². The number of hydrogen-bond acceptors (Lipinski definition) is 5. The minimum absolute atomic E-state index is 0.216. The highest BCUT2D eigenvalue weighted by atomic mass is 32.2. The van der Waals surface area contributed by atoms with Gasteiger partial charge >= 0.3 is 0 Å². The lowest BCUT2D eigenvalue weighted by Crippen LogP contribution is -2.23. The van der Waals surface area contributed by atoms with Crippen molar-refractivity contribution in [2.45, 2.75) is 13.3 Å². The zero-order chi connectivity index (χ0) is 14.8. The van der Waals surface area contributed by atoms with E-state index in [1.54, 1.807) is 0 Å². The van der Waals surface area contributed by atoms with Gasteiger partial charge in [-0.15, -0.1) is 0 Å². The molecule has 1 aromatic rings. The smallest absolute Gasteiger partial charge is 0.161 e. The van der Waals surface area contributed by atoms with Crippen LogP contribution in [0.3, 0.4) is 0 Å². The molecule has 0 amide bonds. The van der Waals surface area contributed by atoms with Crippen LogP contribution in [0.2, 0.25) is 0 Å². The molecule has 0 heterocycles. The molecule has 1 aromatic carbocycles. The highest BCUT2D eigenvalue weighted by molar-refractivity contribution is 7.90. The van der Waals surface area contributed by atoms with Gasteiger partial charge in [-0.1, -0.05) is 12.1 Å². The second-order valence-corrected chi connectivity index (χ2v) is 6.72. The van der Waals surface area contributed by atoms with Crippen molar-refractivity contribution in [3.63, 3.8) is 0 Å². The van der Waals surface area contributed by atoms with Crippen LogP contribution in [-0.4, -0.2) is 46.7 Å². The third kappa shape index (κ3) is 7.35. The van der Waals surface area contributed by atoms with Crippen molar-refractivity contribution in [1.29, 1.82) is 0 Å². The third-order valence-electron chi connectivity index (χ3n) is 2.55. The zero-order valence-electron chi connectivity index (χ0n) is 12.1. The van der Waals surface area contributed by atoms with Gasteiger partial charge in [-0.25, -0.2) is 8.42 Å². The number of ether oxygens (including phenoxy) is 2. The molecule has 1 N–H and O–H groups in total. The summed E-state index contributed by atoms with van der Waals surface area (Å²) >= 11 is 0. The lowest BCUT2D eigenvalue weighted by molar-refractivity contribution is 0.276. The molecule has 0 aliphatic heterocycles. The van der Waals surface area contributed by atoms with E-state index in [0.29, 0.717) is 32.7 Å². The number of hydrogen-bond donors (Lipinski definition) is 1. The van der Waals surface area contributed by atoms with Crippen molar-refractivity contribution in [2.75, 3.05) is 38.3 Å². The number of rotatable bonds is 10. The van der Waals surface area contributed by atoms with Gasteiger partial charge in [-0.3, -0.25) is 0 Å². The summed E-state index contributed by atoms with van der Waals surface area (Å²) in [6, 6.07) is 7.55. The number of para-hydroxylation sites is 2. The van der Waals surface area contributed by atoms with Crippen molar-refractivity contribution in [2.24, 2.45) is 0 Å². The van der Waals surface area contributed by atoms with E-state index in [9.17, 15) is 8.42 Å². The van der Waals surface area contributed by atoms with Crippen LogP contribution in [0.25, 0.3) is 0 Å². The Balaban J connectivity index is 2.18. The van der Waals surface area contributed by atoms with E-state index >= 15 is 0 Å². The van der Waals surface area contributed by atoms with E-state index in [2.05, 4.69) is 5.32 Å². The summed E-state index contributed by atoms with van der Waals surface area (Å²) in [6.45, 7) is 4.39. The zero-order valence-corrected chi connectivity index (χ0v) is 12.9. The predicted molar refractivity (Wildman–Crippen MR) is 80.3 cm³/mol. The van der Waals surface area contributed by atoms with Crippen LogP contribution in [0.5, 0.6) is 11.5 Å². The van der Waals surface area contributed by atoms with Crippen LogP contribution < -0.4 is 14.8 Å². The molecule has 0 saturated carbocycles. The van der Waals surface area contributed by atoms with Crippen LogP contribution in [0.4, 0.5) is 0 Å². The Hall–Kier alpha value is -1.27. The van der Waals surface area contributed by atoms with E-state index in [4.69, 9.17) is 9.47 Å². The lowest BCUT2D eigenvalue weighted by atomic mass is 10.3. The average molecular weight is 301 g/mol. The van der Waals surface area contributed by atoms with Gasteiger partial charge < -0.3 is 14.8 Å². The van der Waals surface area contributed by atoms with E-state index < -0.39 is 9.84 Å². The van der Waals surface area contributed by atoms with Gasteiger partial charge in [0.05, 0.1) is 12.4 Å². The van der Waals surface area contributed by atoms with Crippen LogP contribution >= 0.6 is 0 Å². The van der Waals surface area contributed by atoms with Crippen LogP contribution in [-0.2, 0) is 9.84 Å². The molecule has 0 spiro atoms. The van der Waals surface area contributed by atoms with Gasteiger partial charge in [-0.2, -0.15) is 0 Å². The van der Waals surface area contributed by atoms with E-state index in [0.717, 1.165) is 11.5 Å². The van der Waals surface area contributed by atoms with Crippen LogP contribution in [0.15, 0.2) is 24.3 Å². The maximum Gasteiger partial charge on any atom is 0.161 e. The molecular formula is C14H23NO4S. The van der Waals surface area contributed by atoms with Crippen molar-refractivity contribution < 1.29 is 17.9 Å². The first kappa shape index (κ1) is 16.8. The molecule has 20 heavy (non-hydrogen) atoms. The van der Waals surface area contributed by atoms with E-state index in [1.807, 2.05) is 31.2 Å². The molecule has 6 heteroatoms. The molecular weight excluding hydrogens is 278 g/mol. The fraction of sp³-hybridized carbons (Fsp3) is 0.571. The Morgan fingerprint density at radius 2 is 1.75 bits per heavy atom. The molecule has 114 valence electrons. The maximum absolute atomic E-state index is 10.9. The van der Waals surface area contributed by atoms with Crippen molar-refractivity contribution in [3.8, 4) is 11.5 Å². The molecule has 0 aliphatic rings. The van der Waals surface area contributed by atoms with Gasteiger partial charge in [0.25, 0.3) is 0 Å².